The Hall–Kier alpha value is -3.76. The molecule has 10 heteroatoms. The van der Waals surface area contributed by atoms with E-state index in [0.29, 0.717) is 35.8 Å². The lowest BCUT2D eigenvalue weighted by Crippen LogP contribution is -2.33. The summed E-state index contributed by atoms with van der Waals surface area (Å²) in [6.45, 7) is 3.33. The molecule has 5 aromatic rings. The van der Waals surface area contributed by atoms with Crippen LogP contribution in [0.5, 0.6) is 0 Å². The van der Waals surface area contributed by atoms with Crippen LogP contribution in [0.15, 0.2) is 63.1 Å². The number of hydrogen-bond acceptors (Lipinski definition) is 8. The second-order valence-corrected chi connectivity index (χ2v) is 8.38. The predicted octanol–water partition coefficient (Wildman–Crippen LogP) is 4.79. The van der Waals surface area contributed by atoms with Crippen molar-refractivity contribution in [2.24, 2.45) is 0 Å². The maximum absolute atomic E-state index is 12.7. The zero-order valence-corrected chi connectivity index (χ0v) is 18.8. The number of hydrogen-bond donors (Lipinski definition) is 2. The lowest BCUT2D eigenvalue weighted by molar-refractivity contribution is -0.117. The number of anilines is 1. The van der Waals surface area contributed by atoms with E-state index in [4.69, 9.17) is 8.83 Å². The summed E-state index contributed by atoms with van der Waals surface area (Å²) in [6.07, 6.45) is 4.37. The summed E-state index contributed by atoms with van der Waals surface area (Å²) in [4.78, 5) is 22.5. The highest BCUT2D eigenvalue weighted by Crippen LogP contribution is 2.31. The second kappa shape index (κ2) is 9.39. The Kier molecular flexibility index (Phi) is 6.01. The molecule has 0 saturated carbocycles. The molecule has 1 aromatic carbocycles. The van der Waals surface area contributed by atoms with Crippen LogP contribution < -0.4 is 5.32 Å². The number of thiazole rings is 1. The van der Waals surface area contributed by atoms with Crippen molar-refractivity contribution in [2.45, 2.75) is 19.9 Å². The third-order valence-corrected chi connectivity index (χ3v) is 5.84. The van der Waals surface area contributed by atoms with E-state index in [0.717, 1.165) is 28.6 Å². The minimum atomic E-state index is -0.144. The number of para-hydroxylation sites is 1. The number of nitrogens with one attached hydrogen (secondary N) is 2. The summed E-state index contributed by atoms with van der Waals surface area (Å²) in [7, 11) is 0. The molecule has 0 aliphatic rings. The molecule has 168 valence electrons. The molecule has 2 N–H and O–H groups in total. The third kappa shape index (κ3) is 4.71. The van der Waals surface area contributed by atoms with Gasteiger partial charge in [0.25, 0.3) is 5.89 Å². The van der Waals surface area contributed by atoms with Gasteiger partial charge in [-0.1, -0.05) is 25.1 Å². The second-order valence-electron chi connectivity index (χ2n) is 7.52. The van der Waals surface area contributed by atoms with Crippen LogP contribution in [-0.2, 0) is 11.3 Å². The highest BCUT2D eigenvalue weighted by Gasteiger charge is 2.18. The van der Waals surface area contributed by atoms with Crippen molar-refractivity contribution < 1.29 is 13.6 Å². The van der Waals surface area contributed by atoms with Crippen molar-refractivity contribution in [1.82, 2.24) is 25.1 Å². The molecule has 33 heavy (non-hydrogen) atoms. The SMILES string of the molecule is CCCN(CC(=O)Nc1nc(-c2c[nH]c3ccccc23)cs1)Cc1nnc(-c2ccco2)o1. The Morgan fingerprint density at radius 1 is 1.21 bits per heavy atom. The smallest absolute Gasteiger partial charge is 0.283 e. The molecule has 0 fully saturated rings. The van der Waals surface area contributed by atoms with Gasteiger partial charge in [-0.25, -0.2) is 4.98 Å². The van der Waals surface area contributed by atoms with Crippen molar-refractivity contribution in [1.29, 1.82) is 0 Å². The first kappa shape index (κ1) is 21.1. The van der Waals surface area contributed by atoms with Gasteiger partial charge in [0, 0.05) is 28.0 Å². The van der Waals surface area contributed by atoms with Crippen LogP contribution in [0, 0.1) is 0 Å². The third-order valence-electron chi connectivity index (χ3n) is 5.08. The number of furan rings is 1. The number of fused-ring (bicyclic) bond motifs is 1. The standard InChI is InChI=1S/C23H22N6O3S/c1-2-9-29(13-21-27-28-22(32-21)19-8-5-10-31-19)12-20(30)26-23-25-18(14-33-23)16-11-24-17-7-4-3-6-15(16)17/h3-8,10-11,14,24H,2,9,12-13H2,1H3,(H,25,26,30). The van der Waals surface area contributed by atoms with Gasteiger partial charge < -0.3 is 19.1 Å². The van der Waals surface area contributed by atoms with Gasteiger partial charge in [0.15, 0.2) is 10.9 Å². The van der Waals surface area contributed by atoms with Crippen LogP contribution in [-0.4, -0.2) is 44.1 Å². The number of rotatable bonds is 9. The zero-order chi connectivity index (χ0) is 22.6. The van der Waals surface area contributed by atoms with Gasteiger partial charge in [0.05, 0.1) is 25.0 Å². The largest absolute Gasteiger partial charge is 0.459 e. The van der Waals surface area contributed by atoms with Crippen molar-refractivity contribution in [3.05, 3.63) is 60.1 Å². The number of aromatic nitrogens is 4. The molecule has 0 aliphatic carbocycles. The van der Waals surface area contributed by atoms with E-state index in [-0.39, 0.29) is 12.5 Å². The monoisotopic (exact) mass is 462 g/mol. The first-order chi connectivity index (χ1) is 16.2. The van der Waals surface area contributed by atoms with Gasteiger partial charge in [0.1, 0.15) is 0 Å². The van der Waals surface area contributed by atoms with Gasteiger partial charge in [-0.2, -0.15) is 0 Å². The zero-order valence-electron chi connectivity index (χ0n) is 17.9. The Bertz CT molecular complexity index is 1350. The predicted molar refractivity (Wildman–Crippen MR) is 126 cm³/mol. The summed E-state index contributed by atoms with van der Waals surface area (Å²) < 4.78 is 11.0. The molecular formula is C23H22N6O3S. The molecule has 0 aliphatic heterocycles. The topological polar surface area (TPSA) is 113 Å². The van der Waals surface area contributed by atoms with Crippen molar-refractivity contribution in [2.75, 3.05) is 18.4 Å². The molecule has 4 aromatic heterocycles. The lowest BCUT2D eigenvalue weighted by Gasteiger charge is -2.18. The first-order valence-electron chi connectivity index (χ1n) is 10.6. The van der Waals surface area contributed by atoms with Crippen molar-refractivity contribution >= 4 is 33.3 Å². The van der Waals surface area contributed by atoms with Crippen LogP contribution in [0.25, 0.3) is 33.8 Å². The van der Waals surface area contributed by atoms with Gasteiger partial charge in [-0.15, -0.1) is 21.5 Å². The van der Waals surface area contributed by atoms with Crippen molar-refractivity contribution in [3.63, 3.8) is 0 Å². The van der Waals surface area contributed by atoms with Crippen molar-refractivity contribution in [3.8, 4) is 22.9 Å². The minimum Gasteiger partial charge on any atom is -0.459 e. The Balaban J connectivity index is 1.23. The summed E-state index contributed by atoms with van der Waals surface area (Å²) in [5.74, 6) is 1.12. The Morgan fingerprint density at radius 2 is 2.12 bits per heavy atom. The fourth-order valence-electron chi connectivity index (χ4n) is 3.64. The number of carbonyl (C=O) groups excluding carboxylic acids is 1. The quantitative estimate of drug-likeness (QED) is 0.324. The van der Waals surface area contributed by atoms with Crippen LogP contribution >= 0.6 is 11.3 Å². The highest BCUT2D eigenvalue weighted by atomic mass is 32.1. The Labute approximate surface area is 193 Å². The lowest BCUT2D eigenvalue weighted by atomic mass is 10.1. The molecule has 4 heterocycles. The highest BCUT2D eigenvalue weighted by molar-refractivity contribution is 7.14. The fourth-order valence-corrected chi connectivity index (χ4v) is 4.37. The van der Waals surface area contributed by atoms with Crippen LogP contribution in [0.3, 0.4) is 0 Å². The van der Waals surface area contributed by atoms with E-state index in [1.807, 2.05) is 34.7 Å². The van der Waals surface area contributed by atoms with Gasteiger partial charge in [-0.05, 0) is 31.2 Å². The maximum atomic E-state index is 12.7. The number of aromatic amines is 1. The molecule has 0 spiro atoms. The number of amides is 1. The summed E-state index contributed by atoms with van der Waals surface area (Å²) in [6, 6.07) is 11.6. The van der Waals surface area contributed by atoms with Gasteiger partial charge in [0.2, 0.25) is 11.8 Å². The van der Waals surface area contributed by atoms with Gasteiger partial charge in [-0.3, -0.25) is 9.69 Å². The molecule has 0 radical (unpaired) electrons. The fraction of sp³-hybridized carbons (Fsp3) is 0.217. The summed E-state index contributed by atoms with van der Waals surface area (Å²) >= 11 is 1.40. The molecule has 9 nitrogen and oxygen atoms in total. The average Bonchev–Trinajstić information content (AvgIpc) is 3.59. The van der Waals surface area contributed by atoms with Crippen LogP contribution in [0.4, 0.5) is 5.13 Å². The van der Waals surface area contributed by atoms with E-state index in [1.54, 1.807) is 18.4 Å². The number of H-pyrrole nitrogens is 1. The molecule has 5 rings (SSSR count). The maximum Gasteiger partial charge on any atom is 0.283 e. The van der Waals surface area contributed by atoms with Crippen LogP contribution in [0.2, 0.25) is 0 Å². The number of nitrogens with zero attached hydrogens (tertiary/aromatic N) is 4. The van der Waals surface area contributed by atoms with E-state index in [9.17, 15) is 4.79 Å². The van der Waals surface area contributed by atoms with E-state index < -0.39 is 0 Å². The minimum absolute atomic E-state index is 0.144. The molecule has 1 amide bonds. The average molecular weight is 463 g/mol. The molecule has 0 bridgehead atoms. The molecular weight excluding hydrogens is 440 g/mol. The summed E-state index contributed by atoms with van der Waals surface area (Å²) in [5, 5.41) is 14.6. The normalized spacial score (nSPS) is 11.5. The van der Waals surface area contributed by atoms with E-state index in [1.165, 1.54) is 11.3 Å². The van der Waals surface area contributed by atoms with E-state index in [2.05, 4.69) is 38.5 Å². The number of benzene rings is 1. The Morgan fingerprint density at radius 3 is 2.97 bits per heavy atom. The molecule has 0 unspecified atom stereocenters. The van der Waals surface area contributed by atoms with E-state index >= 15 is 0 Å². The van der Waals surface area contributed by atoms with Crippen LogP contribution in [0.1, 0.15) is 19.2 Å². The molecule has 0 atom stereocenters. The first-order valence-corrected chi connectivity index (χ1v) is 11.5. The summed E-state index contributed by atoms with van der Waals surface area (Å²) in [5.41, 5.74) is 2.89. The number of carbonyl (C=O) groups is 1. The van der Waals surface area contributed by atoms with Gasteiger partial charge >= 0.3 is 0 Å². The molecule has 0 saturated heterocycles.